The van der Waals surface area contributed by atoms with Crippen LogP contribution >= 0.6 is 23.2 Å². The van der Waals surface area contributed by atoms with Crippen LogP contribution < -0.4 is 25.0 Å². The van der Waals surface area contributed by atoms with E-state index in [-0.39, 0.29) is 41.0 Å². The van der Waals surface area contributed by atoms with Crippen LogP contribution in [0.15, 0.2) is 66.2 Å². The van der Waals surface area contributed by atoms with Gasteiger partial charge in [-0.3, -0.25) is 19.7 Å². The van der Waals surface area contributed by atoms with Crippen molar-refractivity contribution >= 4 is 64.4 Å². The van der Waals surface area contributed by atoms with Gasteiger partial charge in [0.05, 0.1) is 17.3 Å². The molecule has 0 radical (unpaired) electrons. The highest BCUT2D eigenvalue weighted by atomic mass is 35.5. The van der Waals surface area contributed by atoms with Gasteiger partial charge in [0.15, 0.2) is 18.1 Å². The Hall–Kier alpha value is -4.34. The summed E-state index contributed by atoms with van der Waals surface area (Å²) >= 11 is 12.5. The summed E-state index contributed by atoms with van der Waals surface area (Å²) in [6.07, 6.45) is 1.28. The number of anilines is 2. The van der Waals surface area contributed by atoms with Crippen molar-refractivity contribution in [3.8, 4) is 11.5 Å². The van der Waals surface area contributed by atoms with Crippen LogP contribution in [0.1, 0.15) is 18.1 Å². The molecule has 9 nitrogen and oxygen atoms in total. The predicted octanol–water partition coefficient (Wildman–Crippen LogP) is 5.38. The Balaban J connectivity index is 1.59. The third-order valence-electron chi connectivity index (χ3n) is 5.58. The highest BCUT2D eigenvalue weighted by Gasteiger charge is 2.37. The van der Waals surface area contributed by atoms with E-state index in [1.165, 1.54) is 30.3 Å². The van der Waals surface area contributed by atoms with Gasteiger partial charge in [-0.05, 0) is 67.4 Å². The van der Waals surface area contributed by atoms with E-state index in [4.69, 9.17) is 32.7 Å². The van der Waals surface area contributed by atoms with E-state index in [1.54, 1.807) is 25.1 Å². The number of benzene rings is 3. The predicted molar refractivity (Wildman–Crippen MR) is 148 cm³/mol. The van der Waals surface area contributed by atoms with Gasteiger partial charge >= 0.3 is 6.03 Å². The number of imide groups is 2. The maximum Gasteiger partial charge on any atom is 0.335 e. The van der Waals surface area contributed by atoms with Crippen molar-refractivity contribution in [1.82, 2.24) is 5.32 Å². The molecule has 0 unspecified atom stereocenters. The summed E-state index contributed by atoms with van der Waals surface area (Å²) in [5, 5.41) is 5.32. The van der Waals surface area contributed by atoms with E-state index in [9.17, 15) is 19.2 Å². The maximum atomic E-state index is 13.2. The minimum absolute atomic E-state index is 0.0860. The highest BCUT2D eigenvalue weighted by molar-refractivity contribution is 6.39. The molecule has 3 aromatic carbocycles. The SMILES string of the molecule is CCOc1cc(/C=C2\C(=O)NC(=O)N(c3cccc(Cl)c3)C2=O)cc(Cl)c1OCC(=O)Nc1ccccc1C. The Kier molecular flexibility index (Phi) is 8.53. The summed E-state index contributed by atoms with van der Waals surface area (Å²) < 4.78 is 11.3. The molecule has 1 aliphatic rings. The summed E-state index contributed by atoms with van der Waals surface area (Å²) in [5.41, 5.74) is 1.78. The average Bonchev–Trinajstić information content (AvgIpc) is 2.87. The van der Waals surface area contributed by atoms with Crippen LogP contribution in [0.5, 0.6) is 11.5 Å². The fourth-order valence-electron chi connectivity index (χ4n) is 3.79. The lowest BCUT2D eigenvalue weighted by Crippen LogP contribution is -2.54. The largest absolute Gasteiger partial charge is 0.490 e. The normalized spacial score (nSPS) is 14.3. The number of amides is 5. The second kappa shape index (κ2) is 12.0. The summed E-state index contributed by atoms with van der Waals surface area (Å²) in [6.45, 7) is 3.53. The van der Waals surface area contributed by atoms with E-state index >= 15 is 0 Å². The lowest BCUT2D eigenvalue weighted by atomic mass is 10.1. The topological polar surface area (TPSA) is 114 Å². The first-order valence-corrected chi connectivity index (χ1v) is 12.5. The number of rotatable bonds is 8. The third-order valence-corrected chi connectivity index (χ3v) is 6.09. The lowest BCUT2D eigenvalue weighted by Gasteiger charge is -2.26. The van der Waals surface area contributed by atoms with Crippen molar-refractivity contribution in [2.24, 2.45) is 0 Å². The number of carbonyl (C=O) groups is 4. The fourth-order valence-corrected chi connectivity index (χ4v) is 4.24. The van der Waals surface area contributed by atoms with Crippen LogP contribution in [0.4, 0.5) is 16.2 Å². The molecule has 11 heteroatoms. The molecule has 0 aliphatic carbocycles. The van der Waals surface area contributed by atoms with E-state index in [0.29, 0.717) is 16.3 Å². The van der Waals surface area contributed by atoms with Crippen molar-refractivity contribution in [2.75, 3.05) is 23.4 Å². The Labute approximate surface area is 234 Å². The molecule has 0 aromatic heterocycles. The maximum absolute atomic E-state index is 13.2. The Morgan fingerprint density at radius 1 is 1.03 bits per heavy atom. The molecule has 3 aromatic rings. The molecule has 0 spiro atoms. The first kappa shape index (κ1) is 27.7. The number of hydrogen-bond donors (Lipinski definition) is 2. The van der Waals surface area contributed by atoms with E-state index in [0.717, 1.165) is 10.5 Å². The second-order valence-electron chi connectivity index (χ2n) is 8.35. The van der Waals surface area contributed by atoms with Gasteiger partial charge in [0.2, 0.25) is 0 Å². The number of hydrogen-bond acceptors (Lipinski definition) is 6. The molecule has 200 valence electrons. The summed E-state index contributed by atoms with van der Waals surface area (Å²) in [5.74, 6) is -1.79. The summed E-state index contributed by atoms with van der Waals surface area (Å²) in [6, 6.07) is 15.5. The van der Waals surface area contributed by atoms with E-state index in [2.05, 4.69) is 10.6 Å². The number of halogens is 2. The third kappa shape index (κ3) is 6.39. The number of urea groups is 1. The number of aryl methyl sites for hydroxylation is 1. The van der Waals surface area contributed by atoms with Gasteiger partial charge in [-0.2, -0.15) is 0 Å². The number of carbonyl (C=O) groups excluding carboxylic acids is 4. The van der Waals surface area contributed by atoms with Crippen LogP contribution in [0.3, 0.4) is 0 Å². The number of ether oxygens (including phenoxy) is 2. The van der Waals surface area contributed by atoms with Gasteiger partial charge in [0.25, 0.3) is 17.7 Å². The molecule has 1 heterocycles. The molecular formula is C28H23Cl2N3O6. The Morgan fingerprint density at radius 2 is 1.79 bits per heavy atom. The minimum Gasteiger partial charge on any atom is -0.490 e. The van der Waals surface area contributed by atoms with Crippen molar-refractivity contribution in [3.05, 3.63) is 87.4 Å². The molecule has 0 atom stereocenters. The van der Waals surface area contributed by atoms with Gasteiger partial charge in [-0.1, -0.05) is 47.5 Å². The lowest BCUT2D eigenvalue weighted by molar-refractivity contribution is -0.122. The molecule has 0 bridgehead atoms. The summed E-state index contributed by atoms with van der Waals surface area (Å²) in [7, 11) is 0. The highest BCUT2D eigenvalue weighted by Crippen LogP contribution is 2.37. The fraction of sp³-hybridized carbons (Fsp3) is 0.143. The monoisotopic (exact) mass is 567 g/mol. The zero-order valence-corrected chi connectivity index (χ0v) is 22.4. The van der Waals surface area contributed by atoms with Crippen molar-refractivity contribution in [2.45, 2.75) is 13.8 Å². The van der Waals surface area contributed by atoms with Gasteiger partial charge in [0.1, 0.15) is 5.57 Å². The van der Waals surface area contributed by atoms with Gasteiger partial charge in [-0.25, -0.2) is 9.69 Å². The molecule has 0 saturated carbocycles. The second-order valence-corrected chi connectivity index (χ2v) is 9.20. The van der Waals surface area contributed by atoms with Gasteiger partial charge in [0, 0.05) is 10.7 Å². The van der Waals surface area contributed by atoms with Crippen molar-refractivity contribution < 1.29 is 28.7 Å². The Morgan fingerprint density at radius 3 is 2.51 bits per heavy atom. The molecule has 2 N–H and O–H groups in total. The molecule has 1 aliphatic heterocycles. The zero-order valence-electron chi connectivity index (χ0n) is 20.9. The van der Waals surface area contributed by atoms with Crippen LogP contribution in [0.2, 0.25) is 10.0 Å². The smallest absolute Gasteiger partial charge is 0.335 e. The van der Waals surface area contributed by atoms with Gasteiger partial charge < -0.3 is 14.8 Å². The number of nitrogens with one attached hydrogen (secondary N) is 2. The standard InChI is InChI=1S/C28H23Cl2N3O6/c1-3-38-23-13-17(12-21(30)25(23)39-15-24(34)31-22-10-5-4-7-16(22)2)11-20-26(35)32-28(37)33(27(20)36)19-9-6-8-18(29)14-19/h4-14H,3,15H2,1-2H3,(H,31,34)(H,32,35,37)/b20-11+. The van der Waals surface area contributed by atoms with Crippen LogP contribution in [-0.4, -0.2) is 37.0 Å². The van der Waals surface area contributed by atoms with Gasteiger partial charge in [-0.15, -0.1) is 0 Å². The average molecular weight is 568 g/mol. The summed E-state index contributed by atoms with van der Waals surface area (Å²) in [4.78, 5) is 51.5. The quantitative estimate of drug-likeness (QED) is 0.279. The molecule has 1 fully saturated rings. The van der Waals surface area contributed by atoms with Crippen molar-refractivity contribution in [3.63, 3.8) is 0 Å². The Bertz CT molecular complexity index is 1500. The van der Waals surface area contributed by atoms with Crippen LogP contribution in [-0.2, 0) is 14.4 Å². The zero-order chi connectivity index (χ0) is 28.1. The van der Waals surface area contributed by atoms with E-state index < -0.39 is 23.8 Å². The first-order valence-electron chi connectivity index (χ1n) is 11.8. The number of para-hydroxylation sites is 1. The molecular weight excluding hydrogens is 545 g/mol. The van der Waals surface area contributed by atoms with Crippen LogP contribution in [0, 0.1) is 6.92 Å². The first-order chi connectivity index (χ1) is 18.7. The molecule has 4 rings (SSSR count). The minimum atomic E-state index is -0.898. The van der Waals surface area contributed by atoms with Crippen molar-refractivity contribution in [1.29, 1.82) is 0 Å². The van der Waals surface area contributed by atoms with E-state index in [1.807, 2.05) is 25.1 Å². The molecule has 39 heavy (non-hydrogen) atoms. The molecule has 1 saturated heterocycles. The number of nitrogens with zero attached hydrogens (tertiary/aromatic N) is 1. The number of barbiturate groups is 1. The van der Waals surface area contributed by atoms with Crippen LogP contribution in [0.25, 0.3) is 6.08 Å². The molecule has 5 amide bonds.